The minimum Gasteiger partial charge on any atom is -0.481 e. The molecule has 114 valence electrons. The number of nitrogens with zero attached hydrogens (tertiary/aromatic N) is 1. The summed E-state index contributed by atoms with van der Waals surface area (Å²) in [5.74, 6) is -1.51. The number of carbonyl (C=O) groups excluding carboxylic acids is 1. The van der Waals surface area contributed by atoms with E-state index in [1.807, 2.05) is 0 Å². The van der Waals surface area contributed by atoms with Crippen molar-refractivity contribution in [3.05, 3.63) is 35.6 Å². The normalized spacial score (nSPS) is 15.5. The van der Waals surface area contributed by atoms with Gasteiger partial charge in [-0.25, -0.2) is 4.39 Å². The van der Waals surface area contributed by atoms with Crippen molar-refractivity contribution in [1.82, 2.24) is 4.90 Å². The number of aliphatic carboxylic acids is 1. The molecule has 1 aromatic carbocycles. The zero-order valence-corrected chi connectivity index (χ0v) is 12.1. The zero-order chi connectivity index (χ0) is 15.4. The molecule has 0 heterocycles. The molecule has 1 saturated carbocycles. The number of halogens is 1. The van der Waals surface area contributed by atoms with Gasteiger partial charge in [-0.3, -0.25) is 9.59 Å². The Labute approximate surface area is 123 Å². The lowest BCUT2D eigenvalue weighted by Crippen LogP contribution is -2.34. The van der Waals surface area contributed by atoms with Crippen molar-refractivity contribution in [3.63, 3.8) is 0 Å². The maximum absolute atomic E-state index is 13.7. The van der Waals surface area contributed by atoms with Crippen molar-refractivity contribution in [2.75, 3.05) is 0 Å². The minimum atomic E-state index is -0.901. The van der Waals surface area contributed by atoms with Crippen LogP contribution >= 0.6 is 0 Å². The number of carbonyl (C=O) groups is 2. The van der Waals surface area contributed by atoms with Gasteiger partial charge in [-0.2, -0.15) is 0 Å². The van der Waals surface area contributed by atoms with Crippen molar-refractivity contribution >= 4 is 11.9 Å². The molecule has 1 fully saturated rings. The van der Waals surface area contributed by atoms with Crippen molar-refractivity contribution < 1.29 is 19.1 Å². The van der Waals surface area contributed by atoms with Gasteiger partial charge in [0.25, 0.3) is 0 Å². The van der Waals surface area contributed by atoms with Crippen molar-refractivity contribution in [2.45, 2.75) is 45.2 Å². The Morgan fingerprint density at radius 3 is 2.57 bits per heavy atom. The molecule has 4 nitrogen and oxygen atoms in total. The molecule has 0 aromatic heterocycles. The van der Waals surface area contributed by atoms with Crippen LogP contribution in [-0.4, -0.2) is 27.9 Å². The van der Waals surface area contributed by atoms with Crippen LogP contribution in [0.15, 0.2) is 24.3 Å². The molecule has 21 heavy (non-hydrogen) atoms. The Morgan fingerprint density at radius 1 is 1.33 bits per heavy atom. The smallest absolute Gasteiger partial charge is 0.303 e. The van der Waals surface area contributed by atoms with E-state index in [2.05, 4.69) is 0 Å². The maximum Gasteiger partial charge on any atom is 0.303 e. The summed E-state index contributed by atoms with van der Waals surface area (Å²) in [7, 11) is 0. The van der Waals surface area contributed by atoms with E-state index >= 15 is 0 Å². The van der Waals surface area contributed by atoms with Crippen LogP contribution in [0.4, 0.5) is 4.39 Å². The molecule has 2 rings (SSSR count). The number of hydrogen-bond donors (Lipinski definition) is 1. The molecular weight excluding hydrogens is 273 g/mol. The molecule has 1 amide bonds. The molecule has 1 aromatic rings. The van der Waals surface area contributed by atoms with Crippen LogP contribution < -0.4 is 0 Å². The third-order valence-corrected chi connectivity index (χ3v) is 3.65. The van der Waals surface area contributed by atoms with Crippen LogP contribution in [0.5, 0.6) is 0 Å². The van der Waals surface area contributed by atoms with E-state index in [1.165, 1.54) is 6.07 Å². The second-order valence-corrected chi connectivity index (χ2v) is 5.75. The second-order valence-electron chi connectivity index (χ2n) is 5.75. The summed E-state index contributed by atoms with van der Waals surface area (Å²) in [6, 6.07) is 6.61. The van der Waals surface area contributed by atoms with E-state index in [-0.39, 0.29) is 43.1 Å². The highest BCUT2D eigenvalue weighted by molar-refractivity contribution is 5.78. The Hall–Kier alpha value is -1.91. The number of rotatable bonds is 7. The van der Waals surface area contributed by atoms with Crippen LogP contribution in [0.1, 0.15) is 38.2 Å². The highest BCUT2D eigenvalue weighted by atomic mass is 19.1. The van der Waals surface area contributed by atoms with E-state index in [0.717, 1.165) is 12.8 Å². The Morgan fingerprint density at radius 2 is 2.00 bits per heavy atom. The van der Waals surface area contributed by atoms with Crippen molar-refractivity contribution in [3.8, 4) is 0 Å². The Balaban J connectivity index is 2.00. The summed E-state index contributed by atoms with van der Waals surface area (Å²) in [4.78, 5) is 24.7. The number of amides is 1. The molecule has 0 spiro atoms. The van der Waals surface area contributed by atoms with E-state index in [0.29, 0.717) is 5.56 Å². The Bertz CT molecular complexity index is 528. The molecule has 1 N–H and O–H groups in total. The van der Waals surface area contributed by atoms with Gasteiger partial charge in [-0.05, 0) is 24.8 Å². The molecule has 1 atom stereocenters. The van der Waals surface area contributed by atoms with Gasteiger partial charge in [0.05, 0.1) is 0 Å². The monoisotopic (exact) mass is 293 g/mol. The summed E-state index contributed by atoms with van der Waals surface area (Å²) < 4.78 is 13.7. The van der Waals surface area contributed by atoms with Gasteiger partial charge in [-0.1, -0.05) is 25.1 Å². The molecule has 1 unspecified atom stereocenters. The third kappa shape index (κ3) is 4.55. The van der Waals surface area contributed by atoms with Gasteiger partial charge in [0, 0.05) is 31.0 Å². The van der Waals surface area contributed by atoms with Gasteiger partial charge in [0.1, 0.15) is 5.82 Å². The number of carboxylic acids is 1. The van der Waals surface area contributed by atoms with E-state index in [1.54, 1.807) is 30.0 Å². The first-order chi connectivity index (χ1) is 9.97. The summed E-state index contributed by atoms with van der Waals surface area (Å²) in [5.41, 5.74) is 0.503. The lowest BCUT2D eigenvalue weighted by atomic mass is 10.0. The third-order valence-electron chi connectivity index (χ3n) is 3.65. The lowest BCUT2D eigenvalue weighted by Gasteiger charge is -2.24. The van der Waals surface area contributed by atoms with Gasteiger partial charge in [-0.15, -0.1) is 0 Å². The van der Waals surface area contributed by atoms with Crippen LogP contribution in [0.2, 0.25) is 0 Å². The van der Waals surface area contributed by atoms with Gasteiger partial charge >= 0.3 is 5.97 Å². The zero-order valence-electron chi connectivity index (χ0n) is 12.1. The highest BCUT2D eigenvalue weighted by Crippen LogP contribution is 2.30. The summed E-state index contributed by atoms with van der Waals surface area (Å²) in [6.07, 6.45) is 2.04. The predicted octanol–water partition coefficient (Wildman–Crippen LogP) is 2.82. The van der Waals surface area contributed by atoms with E-state index in [4.69, 9.17) is 5.11 Å². The number of carboxylic acid groups (broad SMARTS) is 1. The topological polar surface area (TPSA) is 57.6 Å². The number of hydrogen-bond acceptors (Lipinski definition) is 2. The largest absolute Gasteiger partial charge is 0.481 e. The van der Waals surface area contributed by atoms with Gasteiger partial charge < -0.3 is 10.0 Å². The molecule has 5 heteroatoms. The predicted molar refractivity (Wildman–Crippen MR) is 76.0 cm³/mol. The number of benzene rings is 1. The molecule has 1 aliphatic carbocycles. The van der Waals surface area contributed by atoms with Gasteiger partial charge in [0.2, 0.25) is 5.91 Å². The van der Waals surface area contributed by atoms with Crippen LogP contribution in [0.3, 0.4) is 0 Å². The summed E-state index contributed by atoms with van der Waals surface area (Å²) in [5, 5.41) is 8.75. The Kier molecular flexibility index (Phi) is 4.94. The summed E-state index contributed by atoms with van der Waals surface area (Å²) >= 11 is 0. The average molecular weight is 293 g/mol. The van der Waals surface area contributed by atoms with Crippen molar-refractivity contribution in [1.29, 1.82) is 0 Å². The van der Waals surface area contributed by atoms with E-state index < -0.39 is 5.97 Å². The van der Waals surface area contributed by atoms with Gasteiger partial charge in [0.15, 0.2) is 0 Å². The fourth-order valence-corrected chi connectivity index (χ4v) is 2.40. The molecule has 0 radical (unpaired) electrons. The standard InChI is InChI=1S/C16H20FNO3/c1-11(9-16(20)21)8-15(19)18(13-6-7-13)10-12-4-2-3-5-14(12)17/h2-5,11,13H,6-10H2,1H3,(H,20,21). The fourth-order valence-electron chi connectivity index (χ4n) is 2.40. The summed E-state index contributed by atoms with van der Waals surface area (Å²) in [6.45, 7) is 2.01. The van der Waals surface area contributed by atoms with Crippen LogP contribution in [0.25, 0.3) is 0 Å². The maximum atomic E-state index is 13.7. The first-order valence-electron chi connectivity index (χ1n) is 7.22. The second kappa shape index (κ2) is 6.70. The van der Waals surface area contributed by atoms with Crippen molar-refractivity contribution in [2.24, 2.45) is 5.92 Å². The average Bonchev–Trinajstić information content (AvgIpc) is 3.20. The highest BCUT2D eigenvalue weighted by Gasteiger charge is 2.33. The van der Waals surface area contributed by atoms with Crippen LogP contribution in [-0.2, 0) is 16.1 Å². The molecule has 0 bridgehead atoms. The SMILES string of the molecule is CC(CC(=O)O)CC(=O)N(Cc1ccccc1F)C1CC1. The molecule has 0 saturated heterocycles. The lowest BCUT2D eigenvalue weighted by molar-refractivity contribution is -0.138. The molecule has 0 aliphatic heterocycles. The fraction of sp³-hybridized carbons (Fsp3) is 0.500. The molecule has 1 aliphatic rings. The first kappa shape index (κ1) is 15.5. The van der Waals surface area contributed by atoms with E-state index in [9.17, 15) is 14.0 Å². The molecular formula is C16H20FNO3. The van der Waals surface area contributed by atoms with Crippen LogP contribution in [0, 0.1) is 11.7 Å². The first-order valence-corrected chi connectivity index (χ1v) is 7.22. The minimum absolute atomic E-state index is 0.0239. The quantitative estimate of drug-likeness (QED) is 0.841.